The topological polar surface area (TPSA) is 33.5 Å². The molecule has 0 unspecified atom stereocenters. The molecule has 0 aliphatic rings. The Balaban J connectivity index is 2.26. The number of para-hydroxylation sites is 1. The van der Waals surface area contributed by atoms with Crippen molar-refractivity contribution in [2.45, 2.75) is 20.8 Å². The molecular weight excluding hydrogens is 226 g/mol. The number of carbonyl (C=O) groups excluding carboxylic acids is 1. The molecule has 0 saturated heterocycles. The van der Waals surface area contributed by atoms with Crippen molar-refractivity contribution in [2.75, 3.05) is 13.1 Å². The standard InChI is InChI=1S/C15H19NO2/c1-4-16(10-11(2)3)15(17)14-9-12-7-5-6-8-13(12)18-14/h5-9,11H,4,10H2,1-3H3. The average molecular weight is 245 g/mol. The highest BCUT2D eigenvalue weighted by molar-refractivity contribution is 5.96. The summed E-state index contributed by atoms with van der Waals surface area (Å²) in [5.41, 5.74) is 0.765. The summed E-state index contributed by atoms with van der Waals surface area (Å²) < 4.78 is 5.60. The number of hydrogen-bond donors (Lipinski definition) is 0. The van der Waals surface area contributed by atoms with Crippen LogP contribution in [0.4, 0.5) is 0 Å². The fourth-order valence-corrected chi connectivity index (χ4v) is 2.04. The third-order valence-electron chi connectivity index (χ3n) is 2.89. The van der Waals surface area contributed by atoms with Crippen LogP contribution in [0, 0.1) is 5.92 Å². The van der Waals surface area contributed by atoms with Gasteiger partial charge in [0, 0.05) is 18.5 Å². The molecule has 0 saturated carbocycles. The molecule has 1 heterocycles. The van der Waals surface area contributed by atoms with Gasteiger partial charge in [-0.15, -0.1) is 0 Å². The molecule has 0 N–H and O–H groups in total. The first-order valence-electron chi connectivity index (χ1n) is 6.39. The van der Waals surface area contributed by atoms with Crippen molar-refractivity contribution in [3.63, 3.8) is 0 Å². The molecule has 3 nitrogen and oxygen atoms in total. The van der Waals surface area contributed by atoms with E-state index in [2.05, 4.69) is 13.8 Å². The lowest BCUT2D eigenvalue weighted by Gasteiger charge is -2.21. The second-order valence-corrected chi connectivity index (χ2v) is 4.89. The van der Waals surface area contributed by atoms with Crippen molar-refractivity contribution in [3.05, 3.63) is 36.1 Å². The van der Waals surface area contributed by atoms with Gasteiger partial charge in [-0.3, -0.25) is 4.79 Å². The van der Waals surface area contributed by atoms with Crippen LogP contribution in [0.5, 0.6) is 0 Å². The quantitative estimate of drug-likeness (QED) is 0.825. The maximum Gasteiger partial charge on any atom is 0.289 e. The highest BCUT2D eigenvalue weighted by Gasteiger charge is 2.19. The van der Waals surface area contributed by atoms with Gasteiger partial charge in [-0.1, -0.05) is 32.0 Å². The molecule has 0 atom stereocenters. The van der Waals surface area contributed by atoms with E-state index in [4.69, 9.17) is 4.42 Å². The number of rotatable bonds is 4. The van der Waals surface area contributed by atoms with E-state index in [1.54, 1.807) is 0 Å². The molecule has 0 radical (unpaired) electrons. The summed E-state index contributed by atoms with van der Waals surface area (Å²) in [7, 11) is 0. The Morgan fingerprint density at radius 1 is 1.33 bits per heavy atom. The lowest BCUT2D eigenvalue weighted by Crippen LogP contribution is -2.33. The normalized spacial score (nSPS) is 11.1. The van der Waals surface area contributed by atoms with E-state index in [1.807, 2.05) is 42.2 Å². The smallest absolute Gasteiger partial charge is 0.289 e. The Hall–Kier alpha value is -1.77. The Morgan fingerprint density at radius 3 is 2.67 bits per heavy atom. The van der Waals surface area contributed by atoms with Crippen LogP contribution in [0.3, 0.4) is 0 Å². The van der Waals surface area contributed by atoms with Gasteiger partial charge in [0.05, 0.1) is 0 Å². The van der Waals surface area contributed by atoms with Crippen LogP contribution in [0.1, 0.15) is 31.3 Å². The van der Waals surface area contributed by atoms with Gasteiger partial charge in [0.25, 0.3) is 5.91 Å². The highest BCUT2D eigenvalue weighted by Crippen LogP contribution is 2.20. The third-order valence-corrected chi connectivity index (χ3v) is 2.89. The molecule has 1 amide bonds. The van der Waals surface area contributed by atoms with Crippen molar-refractivity contribution in [1.82, 2.24) is 4.90 Å². The monoisotopic (exact) mass is 245 g/mol. The second kappa shape index (κ2) is 5.25. The molecular formula is C15H19NO2. The number of benzene rings is 1. The van der Waals surface area contributed by atoms with Gasteiger partial charge in [-0.05, 0) is 25.0 Å². The summed E-state index contributed by atoms with van der Waals surface area (Å²) in [5, 5.41) is 0.974. The van der Waals surface area contributed by atoms with E-state index in [0.717, 1.165) is 17.5 Å². The van der Waals surface area contributed by atoms with Crippen molar-refractivity contribution in [3.8, 4) is 0 Å². The first kappa shape index (κ1) is 12.7. The van der Waals surface area contributed by atoms with Crippen LogP contribution in [-0.4, -0.2) is 23.9 Å². The van der Waals surface area contributed by atoms with Crippen LogP contribution in [-0.2, 0) is 0 Å². The van der Waals surface area contributed by atoms with Crippen LogP contribution >= 0.6 is 0 Å². The van der Waals surface area contributed by atoms with E-state index in [0.29, 0.717) is 18.2 Å². The summed E-state index contributed by atoms with van der Waals surface area (Å²) in [6, 6.07) is 9.50. The fraction of sp³-hybridized carbons (Fsp3) is 0.400. The highest BCUT2D eigenvalue weighted by atomic mass is 16.3. The van der Waals surface area contributed by atoms with Crippen LogP contribution in [0.2, 0.25) is 0 Å². The zero-order valence-corrected chi connectivity index (χ0v) is 11.1. The molecule has 0 bridgehead atoms. The largest absolute Gasteiger partial charge is 0.451 e. The van der Waals surface area contributed by atoms with Gasteiger partial charge < -0.3 is 9.32 Å². The van der Waals surface area contributed by atoms with Crippen LogP contribution in [0.15, 0.2) is 34.7 Å². The molecule has 1 aromatic heterocycles. The van der Waals surface area contributed by atoms with E-state index in [-0.39, 0.29) is 5.91 Å². The number of furan rings is 1. The van der Waals surface area contributed by atoms with Gasteiger partial charge >= 0.3 is 0 Å². The first-order chi connectivity index (χ1) is 8.61. The van der Waals surface area contributed by atoms with E-state index in [1.165, 1.54) is 0 Å². The summed E-state index contributed by atoms with van der Waals surface area (Å²) >= 11 is 0. The van der Waals surface area contributed by atoms with Crippen molar-refractivity contribution >= 4 is 16.9 Å². The molecule has 1 aromatic carbocycles. The van der Waals surface area contributed by atoms with E-state index < -0.39 is 0 Å². The van der Waals surface area contributed by atoms with Gasteiger partial charge in [0.1, 0.15) is 5.58 Å². The molecule has 0 aliphatic heterocycles. The molecule has 0 fully saturated rings. The number of nitrogens with zero attached hydrogens (tertiary/aromatic N) is 1. The third kappa shape index (κ3) is 2.55. The first-order valence-corrected chi connectivity index (χ1v) is 6.39. The SMILES string of the molecule is CCN(CC(C)C)C(=O)c1cc2ccccc2o1. The number of amides is 1. The Morgan fingerprint density at radius 2 is 2.06 bits per heavy atom. The average Bonchev–Trinajstić information content (AvgIpc) is 2.78. The molecule has 18 heavy (non-hydrogen) atoms. The van der Waals surface area contributed by atoms with Crippen LogP contribution in [0.25, 0.3) is 11.0 Å². The Bertz CT molecular complexity index is 509. The van der Waals surface area contributed by atoms with Gasteiger partial charge in [0.15, 0.2) is 5.76 Å². The predicted molar refractivity (Wildman–Crippen MR) is 72.6 cm³/mol. The molecule has 0 aliphatic carbocycles. The van der Waals surface area contributed by atoms with E-state index >= 15 is 0 Å². The maximum absolute atomic E-state index is 12.3. The minimum absolute atomic E-state index is 0.0256. The molecule has 3 heteroatoms. The van der Waals surface area contributed by atoms with Crippen molar-refractivity contribution < 1.29 is 9.21 Å². The van der Waals surface area contributed by atoms with Crippen molar-refractivity contribution in [1.29, 1.82) is 0 Å². The number of fused-ring (bicyclic) bond motifs is 1. The van der Waals surface area contributed by atoms with Crippen LogP contribution < -0.4 is 0 Å². The Kier molecular flexibility index (Phi) is 3.70. The lowest BCUT2D eigenvalue weighted by molar-refractivity contribution is 0.0716. The fourth-order valence-electron chi connectivity index (χ4n) is 2.04. The summed E-state index contributed by atoms with van der Waals surface area (Å²) in [4.78, 5) is 14.1. The van der Waals surface area contributed by atoms with Gasteiger partial charge in [-0.25, -0.2) is 0 Å². The summed E-state index contributed by atoms with van der Waals surface area (Å²) in [6.45, 7) is 7.66. The molecule has 2 rings (SSSR count). The number of carbonyl (C=O) groups is 1. The molecule has 2 aromatic rings. The van der Waals surface area contributed by atoms with Crippen molar-refractivity contribution in [2.24, 2.45) is 5.92 Å². The Labute approximate surface area is 107 Å². The predicted octanol–water partition coefficient (Wildman–Crippen LogP) is 3.55. The molecule has 96 valence electrons. The minimum atomic E-state index is -0.0256. The maximum atomic E-state index is 12.3. The zero-order valence-electron chi connectivity index (χ0n) is 11.1. The van der Waals surface area contributed by atoms with Gasteiger partial charge in [0.2, 0.25) is 0 Å². The molecule has 0 spiro atoms. The van der Waals surface area contributed by atoms with Gasteiger partial charge in [-0.2, -0.15) is 0 Å². The number of hydrogen-bond acceptors (Lipinski definition) is 2. The second-order valence-electron chi connectivity index (χ2n) is 4.89. The summed E-state index contributed by atoms with van der Waals surface area (Å²) in [5.74, 6) is 0.861. The summed E-state index contributed by atoms with van der Waals surface area (Å²) in [6.07, 6.45) is 0. The zero-order chi connectivity index (χ0) is 13.1. The lowest BCUT2D eigenvalue weighted by atomic mass is 10.2. The van der Waals surface area contributed by atoms with E-state index in [9.17, 15) is 4.79 Å². The minimum Gasteiger partial charge on any atom is -0.451 e.